The van der Waals surface area contributed by atoms with Gasteiger partial charge in [0, 0.05) is 14.0 Å². The zero-order chi connectivity index (χ0) is 9.99. The molecule has 0 spiro atoms. The van der Waals surface area contributed by atoms with Crippen molar-refractivity contribution in [3.05, 3.63) is 0 Å². The first-order chi connectivity index (χ1) is 5.17. The second-order valence-corrected chi connectivity index (χ2v) is 11.8. The van der Waals surface area contributed by atoms with Crippen molar-refractivity contribution >= 4 is 19.7 Å². The van der Waals surface area contributed by atoms with Gasteiger partial charge in [-0.3, -0.25) is 0 Å². The molecule has 0 aromatic carbocycles. The summed E-state index contributed by atoms with van der Waals surface area (Å²) in [5.41, 5.74) is 0.377. The summed E-state index contributed by atoms with van der Waals surface area (Å²) >= 11 is 5.98. The molecule has 1 unspecified atom stereocenters. The van der Waals surface area contributed by atoms with Crippen LogP contribution in [0, 0.1) is 11.3 Å². The van der Waals surface area contributed by atoms with E-state index in [4.69, 9.17) is 11.6 Å². The summed E-state index contributed by atoms with van der Waals surface area (Å²) in [6.07, 6.45) is 0. The fourth-order valence-electron chi connectivity index (χ4n) is 1.33. The molecule has 0 radical (unpaired) electrons. The molecule has 0 amide bonds. The lowest BCUT2D eigenvalue weighted by Crippen LogP contribution is -2.31. The van der Waals surface area contributed by atoms with Gasteiger partial charge in [0.05, 0.1) is 0 Å². The average Bonchev–Trinajstić information content (AvgIpc) is 1.78. The lowest BCUT2D eigenvalue weighted by Gasteiger charge is -2.33. The van der Waals surface area contributed by atoms with E-state index in [9.17, 15) is 0 Å². The topological polar surface area (TPSA) is 0 Å². The van der Waals surface area contributed by atoms with Crippen LogP contribution in [0.5, 0.6) is 0 Å². The van der Waals surface area contributed by atoms with Gasteiger partial charge in [0.1, 0.15) is 0 Å². The van der Waals surface area contributed by atoms with Gasteiger partial charge in [-0.25, -0.2) is 0 Å². The molecule has 0 nitrogen and oxygen atoms in total. The molecular formula is C10H23ClSi. The van der Waals surface area contributed by atoms with Crippen LogP contribution in [0.1, 0.15) is 20.8 Å². The van der Waals surface area contributed by atoms with Crippen molar-refractivity contribution < 1.29 is 0 Å². The van der Waals surface area contributed by atoms with Crippen molar-refractivity contribution in [1.82, 2.24) is 0 Å². The van der Waals surface area contributed by atoms with Gasteiger partial charge in [-0.15, -0.1) is 11.6 Å². The third-order valence-corrected chi connectivity index (χ3v) is 4.36. The molecular weight excluding hydrogens is 184 g/mol. The summed E-state index contributed by atoms with van der Waals surface area (Å²) in [6, 6.07) is 1.35. The fourth-order valence-corrected chi connectivity index (χ4v) is 4.32. The number of hydrogen-bond acceptors (Lipinski definition) is 0. The Morgan fingerprint density at radius 3 is 1.67 bits per heavy atom. The predicted molar refractivity (Wildman–Crippen MR) is 61.8 cm³/mol. The number of alkyl halides is 1. The van der Waals surface area contributed by atoms with Crippen molar-refractivity contribution in [2.45, 2.75) is 46.5 Å². The molecule has 12 heavy (non-hydrogen) atoms. The van der Waals surface area contributed by atoms with Crippen LogP contribution in [0.2, 0.25) is 25.7 Å². The van der Waals surface area contributed by atoms with Gasteiger partial charge in [-0.2, -0.15) is 0 Å². The molecule has 0 saturated carbocycles. The summed E-state index contributed by atoms with van der Waals surface area (Å²) in [7, 11) is -0.936. The van der Waals surface area contributed by atoms with Crippen LogP contribution in [0.25, 0.3) is 0 Å². The third kappa shape index (κ3) is 5.21. The molecule has 74 valence electrons. The minimum atomic E-state index is -0.936. The molecule has 0 aromatic heterocycles. The van der Waals surface area contributed by atoms with Crippen LogP contribution in [0.4, 0.5) is 0 Å². The second kappa shape index (κ2) is 4.14. The normalized spacial score (nSPS) is 16.2. The first-order valence-electron chi connectivity index (χ1n) is 4.73. The highest BCUT2D eigenvalue weighted by Gasteiger charge is 2.28. The Labute approximate surface area is 83.7 Å². The molecule has 0 aliphatic rings. The minimum absolute atomic E-state index is 0.377. The lowest BCUT2D eigenvalue weighted by molar-refractivity contribution is 0.285. The van der Waals surface area contributed by atoms with Gasteiger partial charge in [0.15, 0.2) is 0 Å². The summed E-state index contributed by atoms with van der Waals surface area (Å²) in [6.45, 7) is 14.1. The highest BCUT2D eigenvalue weighted by molar-refractivity contribution is 6.76. The molecule has 0 aliphatic heterocycles. The third-order valence-electron chi connectivity index (χ3n) is 2.27. The summed E-state index contributed by atoms with van der Waals surface area (Å²) in [4.78, 5) is 0. The summed E-state index contributed by atoms with van der Waals surface area (Å²) in [5.74, 6) is 1.50. The molecule has 0 saturated heterocycles. The molecule has 1 atom stereocenters. The van der Waals surface area contributed by atoms with Crippen molar-refractivity contribution in [3.63, 3.8) is 0 Å². The first kappa shape index (κ1) is 12.5. The Hall–Kier alpha value is 0.507. The molecule has 2 heteroatoms. The Balaban J connectivity index is 4.20. The molecule has 0 fully saturated rings. The number of hydrogen-bond donors (Lipinski definition) is 0. The van der Waals surface area contributed by atoms with E-state index in [0.29, 0.717) is 11.3 Å². The lowest BCUT2D eigenvalue weighted by atomic mass is 9.83. The van der Waals surface area contributed by atoms with Gasteiger partial charge < -0.3 is 0 Å². The maximum atomic E-state index is 5.98. The average molecular weight is 207 g/mol. The second-order valence-electron chi connectivity index (χ2n) is 5.98. The molecule has 0 aliphatic carbocycles. The fraction of sp³-hybridized carbons (Fsp3) is 1.00. The SMILES string of the molecule is CC(C)(C)C(CCl)C[Si](C)(C)C. The molecule has 0 bridgehead atoms. The number of halogens is 1. The first-order valence-corrected chi connectivity index (χ1v) is 8.97. The van der Waals surface area contributed by atoms with E-state index in [-0.39, 0.29) is 0 Å². The zero-order valence-electron chi connectivity index (χ0n) is 9.37. The van der Waals surface area contributed by atoms with Crippen LogP contribution in [-0.2, 0) is 0 Å². The summed E-state index contributed by atoms with van der Waals surface area (Å²) in [5, 5.41) is 0. The van der Waals surface area contributed by atoms with Crippen LogP contribution in [0.15, 0.2) is 0 Å². The van der Waals surface area contributed by atoms with E-state index in [1.54, 1.807) is 0 Å². The van der Waals surface area contributed by atoms with Gasteiger partial charge in [0.2, 0.25) is 0 Å². The van der Waals surface area contributed by atoms with Crippen molar-refractivity contribution in [2.24, 2.45) is 11.3 Å². The van der Waals surface area contributed by atoms with Crippen LogP contribution >= 0.6 is 11.6 Å². The van der Waals surface area contributed by atoms with Gasteiger partial charge in [-0.1, -0.05) is 46.5 Å². The molecule has 0 rings (SSSR count). The van der Waals surface area contributed by atoms with E-state index in [1.807, 2.05) is 0 Å². The van der Waals surface area contributed by atoms with Crippen molar-refractivity contribution in [2.75, 3.05) is 5.88 Å². The molecule has 0 aromatic rings. The zero-order valence-corrected chi connectivity index (χ0v) is 11.1. The Morgan fingerprint density at radius 2 is 1.58 bits per heavy atom. The van der Waals surface area contributed by atoms with Crippen LogP contribution < -0.4 is 0 Å². The number of rotatable bonds is 3. The van der Waals surface area contributed by atoms with Gasteiger partial charge in [-0.05, 0) is 11.3 Å². The van der Waals surface area contributed by atoms with E-state index in [0.717, 1.165) is 5.88 Å². The molecule has 0 N–H and O–H groups in total. The highest BCUT2D eigenvalue weighted by Crippen LogP contribution is 2.33. The summed E-state index contributed by atoms with van der Waals surface area (Å²) < 4.78 is 0. The quantitative estimate of drug-likeness (QED) is 0.479. The van der Waals surface area contributed by atoms with Crippen LogP contribution in [0.3, 0.4) is 0 Å². The predicted octanol–water partition coefficient (Wildman–Crippen LogP) is 4.23. The standard InChI is InChI=1S/C10H23ClSi/c1-10(2,3)9(7-11)8-12(4,5)6/h9H,7-8H2,1-6H3. The van der Waals surface area contributed by atoms with Crippen LogP contribution in [-0.4, -0.2) is 14.0 Å². The van der Waals surface area contributed by atoms with Crippen molar-refractivity contribution in [1.29, 1.82) is 0 Å². The van der Waals surface area contributed by atoms with E-state index in [1.165, 1.54) is 6.04 Å². The van der Waals surface area contributed by atoms with Gasteiger partial charge >= 0.3 is 0 Å². The highest BCUT2D eigenvalue weighted by atomic mass is 35.5. The Bertz CT molecular complexity index is 130. The maximum absolute atomic E-state index is 5.98. The molecule has 0 heterocycles. The minimum Gasteiger partial charge on any atom is -0.126 e. The van der Waals surface area contributed by atoms with E-state index < -0.39 is 8.07 Å². The van der Waals surface area contributed by atoms with Gasteiger partial charge in [0.25, 0.3) is 0 Å². The smallest absolute Gasteiger partial charge is 0.0446 e. The Kier molecular flexibility index (Phi) is 4.32. The van der Waals surface area contributed by atoms with E-state index >= 15 is 0 Å². The Morgan fingerprint density at radius 1 is 1.17 bits per heavy atom. The maximum Gasteiger partial charge on any atom is 0.0446 e. The van der Waals surface area contributed by atoms with E-state index in [2.05, 4.69) is 40.4 Å². The monoisotopic (exact) mass is 206 g/mol. The van der Waals surface area contributed by atoms with Crippen molar-refractivity contribution in [3.8, 4) is 0 Å². The largest absolute Gasteiger partial charge is 0.126 e.